The van der Waals surface area contributed by atoms with E-state index in [1.54, 1.807) is 0 Å². The minimum Gasteiger partial charge on any atom is -0.322 e. The van der Waals surface area contributed by atoms with Crippen molar-refractivity contribution < 1.29 is 8.78 Å². The van der Waals surface area contributed by atoms with Gasteiger partial charge in [-0.3, -0.25) is 0 Å². The molecule has 0 bridgehead atoms. The van der Waals surface area contributed by atoms with Crippen LogP contribution in [-0.2, 0) is 19.3 Å². The maximum Gasteiger partial charge on any atom is 0.126 e. The molecule has 0 unspecified atom stereocenters. The summed E-state index contributed by atoms with van der Waals surface area (Å²) >= 11 is 7.17. The molecule has 1 aromatic carbocycles. The van der Waals surface area contributed by atoms with Crippen LogP contribution in [0.25, 0.3) is 0 Å². The number of benzene rings is 1. The third-order valence-electron chi connectivity index (χ3n) is 4.15. The number of hydrogen-bond acceptors (Lipinski definition) is 2. The van der Waals surface area contributed by atoms with Crippen LogP contribution in [0.1, 0.15) is 41.3 Å². The molecule has 0 spiro atoms. The standard InChI is InChI=1S/C17H16Br2F2N2.ClH/c18-15-12-3-1-2-4-13(12)17(19)23-16(15)14(22)7-9-5-10(20)8-11(21)6-9;/h5-6,8,14H,1-4,7,22H2;1H/t14-;/m0./s1. The summed E-state index contributed by atoms with van der Waals surface area (Å²) in [4.78, 5) is 4.58. The lowest BCUT2D eigenvalue weighted by Crippen LogP contribution is -2.19. The molecule has 2 nitrogen and oxygen atoms in total. The summed E-state index contributed by atoms with van der Waals surface area (Å²) < 4.78 is 28.4. The van der Waals surface area contributed by atoms with Gasteiger partial charge < -0.3 is 5.73 Å². The minimum absolute atomic E-state index is 0. The van der Waals surface area contributed by atoms with Crippen LogP contribution in [0.2, 0.25) is 0 Å². The first-order chi connectivity index (χ1) is 11.0. The van der Waals surface area contributed by atoms with Gasteiger partial charge in [-0.25, -0.2) is 13.8 Å². The molecule has 1 aliphatic carbocycles. The van der Waals surface area contributed by atoms with Crippen LogP contribution in [0, 0.1) is 11.6 Å². The quantitative estimate of drug-likeness (QED) is 0.593. The van der Waals surface area contributed by atoms with E-state index in [9.17, 15) is 8.78 Å². The van der Waals surface area contributed by atoms with E-state index in [-0.39, 0.29) is 12.4 Å². The van der Waals surface area contributed by atoms with Crippen molar-refractivity contribution >= 4 is 44.3 Å². The molecule has 130 valence electrons. The molecule has 2 N–H and O–H groups in total. The molecule has 0 aliphatic heterocycles. The summed E-state index contributed by atoms with van der Waals surface area (Å²) in [7, 11) is 0. The molecule has 2 aromatic rings. The first-order valence-corrected chi connectivity index (χ1v) is 9.11. The van der Waals surface area contributed by atoms with Gasteiger partial charge in [0.1, 0.15) is 16.2 Å². The van der Waals surface area contributed by atoms with E-state index in [2.05, 4.69) is 36.8 Å². The van der Waals surface area contributed by atoms with Crippen molar-refractivity contribution in [3.8, 4) is 0 Å². The van der Waals surface area contributed by atoms with Crippen LogP contribution in [0.3, 0.4) is 0 Å². The van der Waals surface area contributed by atoms with Gasteiger partial charge in [-0.1, -0.05) is 0 Å². The lowest BCUT2D eigenvalue weighted by atomic mass is 9.91. The van der Waals surface area contributed by atoms with Crippen LogP contribution in [0.15, 0.2) is 27.3 Å². The molecule has 24 heavy (non-hydrogen) atoms. The smallest absolute Gasteiger partial charge is 0.126 e. The van der Waals surface area contributed by atoms with E-state index < -0.39 is 17.7 Å². The Kier molecular flexibility index (Phi) is 6.76. The monoisotopic (exact) mass is 480 g/mol. The van der Waals surface area contributed by atoms with Crippen LogP contribution >= 0.6 is 44.3 Å². The van der Waals surface area contributed by atoms with Crippen LogP contribution in [0.5, 0.6) is 0 Å². The Bertz CT molecular complexity index is 736. The molecule has 0 fully saturated rings. The Morgan fingerprint density at radius 3 is 2.25 bits per heavy atom. The highest BCUT2D eigenvalue weighted by atomic mass is 79.9. The van der Waals surface area contributed by atoms with Gasteiger partial charge in [-0.05, 0) is 92.8 Å². The minimum atomic E-state index is -0.592. The first-order valence-electron chi connectivity index (χ1n) is 7.53. The summed E-state index contributed by atoms with van der Waals surface area (Å²) in [6.07, 6.45) is 4.63. The average molecular weight is 483 g/mol. The van der Waals surface area contributed by atoms with Crippen molar-refractivity contribution in [2.75, 3.05) is 0 Å². The van der Waals surface area contributed by atoms with E-state index in [0.29, 0.717) is 12.0 Å². The number of fused-ring (bicyclic) bond motifs is 1. The molecule has 1 aliphatic rings. The molecule has 0 radical (unpaired) electrons. The van der Waals surface area contributed by atoms with Crippen LogP contribution < -0.4 is 5.73 Å². The zero-order valence-corrected chi connectivity index (χ0v) is 16.8. The molecule has 7 heteroatoms. The van der Waals surface area contributed by atoms with Gasteiger partial charge in [0, 0.05) is 10.5 Å². The Hall–Kier alpha value is -0.560. The van der Waals surface area contributed by atoms with Crippen molar-refractivity contribution in [3.05, 3.63) is 61.3 Å². The molecular formula is C17H17Br2ClF2N2. The van der Waals surface area contributed by atoms with Crippen LogP contribution in [0.4, 0.5) is 8.78 Å². The van der Waals surface area contributed by atoms with E-state index in [0.717, 1.165) is 46.5 Å². The number of halogens is 5. The molecule has 1 atom stereocenters. The molecule has 0 amide bonds. The molecule has 1 heterocycles. The molecule has 3 rings (SSSR count). The third kappa shape index (κ3) is 4.15. The van der Waals surface area contributed by atoms with Crippen LogP contribution in [-0.4, -0.2) is 4.98 Å². The van der Waals surface area contributed by atoms with Gasteiger partial charge in [0.25, 0.3) is 0 Å². The third-order valence-corrected chi connectivity index (χ3v) is 5.70. The topological polar surface area (TPSA) is 38.9 Å². The van der Waals surface area contributed by atoms with E-state index in [4.69, 9.17) is 5.73 Å². The van der Waals surface area contributed by atoms with Gasteiger partial charge in [-0.2, -0.15) is 0 Å². The van der Waals surface area contributed by atoms with Crippen molar-refractivity contribution in [1.29, 1.82) is 0 Å². The Morgan fingerprint density at radius 1 is 1.04 bits per heavy atom. The largest absolute Gasteiger partial charge is 0.322 e. The maximum absolute atomic E-state index is 13.3. The number of nitrogens with two attached hydrogens (primary N) is 1. The van der Waals surface area contributed by atoms with Gasteiger partial charge in [0.05, 0.1) is 11.7 Å². The van der Waals surface area contributed by atoms with E-state index in [1.807, 2.05) is 0 Å². The second-order valence-electron chi connectivity index (χ2n) is 5.85. The fourth-order valence-electron chi connectivity index (χ4n) is 3.08. The van der Waals surface area contributed by atoms with Crippen molar-refractivity contribution in [1.82, 2.24) is 4.98 Å². The van der Waals surface area contributed by atoms with Gasteiger partial charge in [0.2, 0.25) is 0 Å². The maximum atomic E-state index is 13.3. The number of rotatable bonds is 3. The summed E-state index contributed by atoms with van der Waals surface area (Å²) in [6.45, 7) is 0. The van der Waals surface area contributed by atoms with E-state index in [1.165, 1.54) is 23.3 Å². The van der Waals surface area contributed by atoms with Gasteiger partial charge in [-0.15, -0.1) is 12.4 Å². The Labute approximate surface area is 162 Å². The van der Waals surface area contributed by atoms with Crippen molar-refractivity contribution in [2.45, 2.75) is 38.1 Å². The number of nitrogens with zero attached hydrogens (tertiary/aromatic N) is 1. The highest BCUT2D eigenvalue weighted by molar-refractivity contribution is 9.11. The summed E-state index contributed by atoms with van der Waals surface area (Å²) in [5.74, 6) is -1.18. The number of pyridine rings is 1. The fourth-order valence-corrected chi connectivity index (χ4v) is 4.53. The second kappa shape index (κ2) is 8.21. The lowest BCUT2D eigenvalue weighted by molar-refractivity contribution is 0.575. The predicted molar refractivity (Wildman–Crippen MR) is 101 cm³/mol. The lowest BCUT2D eigenvalue weighted by Gasteiger charge is -2.22. The summed E-state index contributed by atoms with van der Waals surface area (Å²) in [6, 6.07) is 3.04. The number of hydrogen-bond donors (Lipinski definition) is 1. The van der Waals surface area contributed by atoms with E-state index >= 15 is 0 Å². The highest BCUT2D eigenvalue weighted by Crippen LogP contribution is 2.36. The number of aromatic nitrogens is 1. The predicted octanol–water partition coefficient (Wildman–Crippen LogP) is 5.43. The zero-order chi connectivity index (χ0) is 16.6. The first kappa shape index (κ1) is 19.8. The SMILES string of the molecule is Cl.N[C@@H](Cc1cc(F)cc(F)c1)c1nc(Br)c2c(c1Br)CCCC2. The zero-order valence-electron chi connectivity index (χ0n) is 12.8. The highest BCUT2D eigenvalue weighted by Gasteiger charge is 2.23. The fraction of sp³-hybridized carbons (Fsp3) is 0.353. The van der Waals surface area contributed by atoms with Crippen molar-refractivity contribution in [3.63, 3.8) is 0 Å². The normalized spacial score (nSPS) is 14.7. The molecule has 1 aromatic heterocycles. The van der Waals surface area contributed by atoms with Gasteiger partial charge >= 0.3 is 0 Å². The Morgan fingerprint density at radius 2 is 1.62 bits per heavy atom. The summed E-state index contributed by atoms with van der Waals surface area (Å²) in [5, 5.41) is 0. The van der Waals surface area contributed by atoms with Crippen molar-refractivity contribution in [2.24, 2.45) is 5.73 Å². The Balaban J connectivity index is 0.00000208. The molecular weight excluding hydrogens is 465 g/mol. The molecule has 0 saturated carbocycles. The van der Waals surface area contributed by atoms with Gasteiger partial charge in [0.15, 0.2) is 0 Å². The molecule has 0 saturated heterocycles. The average Bonchev–Trinajstić information content (AvgIpc) is 2.50. The second-order valence-corrected chi connectivity index (χ2v) is 7.40. The summed E-state index contributed by atoms with van der Waals surface area (Å²) in [5.41, 5.74) is 10.00.